The van der Waals surface area contributed by atoms with Crippen molar-refractivity contribution in [3.05, 3.63) is 41.7 Å². The fourth-order valence-electron chi connectivity index (χ4n) is 3.50. The highest BCUT2D eigenvalue weighted by atomic mass is 32.2. The minimum Gasteiger partial charge on any atom is -0.493 e. The molecular weight excluding hydrogens is 394 g/mol. The Bertz CT molecular complexity index is 1150. The summed E-state index contributed by atoms with van der Waals surface area (Å²) in [6, 6.07) is 8.30. The number of nitrogens with one attached hydrogen (secondary N) is 2. The van der Waals surface area contributed by atoms with Crippen LogP contribution in [0, 0.1) is 6.92 Å². The Morgan fingerprint density at radius 1 is 1.17 bits per heavy atom. The van der Waals surface area contributed by atoms with Crippen molar-refractivity contribution in [1.82, 2.24) is 9.97 Å². The summed E-state index contributed by atoms with van der Waals surface area (Å²) in [5.41, 5.74) is 2.51. The van der Waals surface area contributed by atoms with E-state index in [1.54, 1.807) is 31.2 Å². The molecule has 4 rings (SSSR count). The van der Waals surface area contributed by atoms with E-state index in [9.17, 15) is 8.42 Å². The first-order valence-corrected chi connectivity index (χ1v) is 10.8. The minimum absolute atomic E-state index is 0.0306. The maximum atomic E-state index is 13.0. The maximum Gasteiger partial charge on any atom is 0.262 e. The van der Waals surface area contributed by atoms with Gasteiger partial charge in [-0.15, -0.1) is 0 Å². The molecule has 2 heterocycles. The van der Waals surface area contributed by atoms with Crippen molar-refractivity contribution < 1.29 is 22.6 Å². The number of fused-ring (bicyclic) bond motifs is 1. The van der Waals surface area contributed by atoms with E-state index in [0.29, 0.717) is 22.7 Å². The van der Waals surface area contributed by atoms with Gasteiger partial charge < -0.3 is 19.2 Å². The number of imidazole rings is 1. The molecule has 1 fully saturated rings. The first kappa shape index (κ1) is 19.5. The van der Waals surface area contributed by atoms with E-state index in [2.05, 4.69) is 14.7 Å². The number of sulfonamides is 1. The Morgan fingerprint density at radius 2 is 1.93 bits per heavy atom. The van der Waals surface area contributed by atoms with Crippen LogP contribution in [0.15, 0.2) is 35.2 Å². The summed E-state index contributed by atoms with van der Waals surface area (Å²) in [6.45, 7) is 2.44. The number of anilines is 1. The number of aryl methyl sites for hydroxylation is 1. The minimum atomic E-state index is -3.82. The Balaban J connectivity index is 1.65. The molecule has 1 aliphatic heterocycles. The fraction of sp³-hybridized carbons (Fsp3) is 0.350. The second-order valence-corrected chi connectivity index (χ2v) is 8.58. The quantitative estimate of drug-likeness (QED) is 0.636. The lowest BCUT2D eigenvalue weighted by Gasteiger charge is -2.14. The average molecular weight is 417 g/mol. The van der Waals surface area contributed by atoms with E-state index in [1.807, 2.05) is 0 Å². The molecule has 29 heavy (non-hydrogen) atoms. The van der Waals surface area contributed by atoms with Gasteiger partial charge in [0.1, 0.15) is 11.9 Å². The molecule has 0 spiro atoms. The summed E-state index contributed by atoms with van der Waals surface area (Å²) in [7, 11) is -0.848. The highest BCUT2D eigenvalue weighted by molar-refractivity contribution is 7.92. The molecule has 1 unspecified atom stereocenters. The van der Waals surface area contributed by atoms with Crippen molar-refractivity contribution >= 4 is 26.7 Å². The van der Waals surface area contributed by atoms with Gasteiger partial charge in [-0.2, -0.15) is 0 Å². The lowest BCUT2D eigenvalue weighted by atomic mass is 10.2. The van der Waals surface area contributed by atoms with E-state index in [1.165, 1.54) is 20.3 Å². The molecule has 154 valence electrons. The first-order valence-electron chi connectivity index (χ1n) is 9.28. The number of methoxy groups -OCH3 is 2. The molecule has 3 aromatic rings. The molecule has 8 nitrogen and oxygen atoms in total. The van der Waals surface area contributed by atoms with E-state index in [0.717, 1.165) is 36.3 Å². The van der Waals surface area contributed by atoms with Gasteiger partial charge in [-0.1, -0.05) is 0 Å². The zero-order chi connectivity index (χ0) is 20.6. The lowest BCUT2D eigenvalue weighted by molar-refractivity contribution is 0.106. The predicted octanol–water partition coefficient (Wildman–Crippen LogP) is 3.54. The molecule has 1 saturated heterocycles. The molecule has 0 radical (unpaired) electrons. The van der Waals surface area contributed by atoms with Gasteiger partial charge in [0.05, 0.1) is 35.8 Å². The average Bonchev–Trinajstić information content (AvgIpc) is 3.36. The number of ether oxygens (including phenoxy) is 3. The standard InChI is InChI=1S/C20H23N3O5S/c1-12-9-17(26-2)18(27-3)11-19(12)29(24,25)23-13-6-7-14-15(10-13)22-20(21-14)16-5-4-8-28-16/h6-7,9-11,16,23H,4-5,8H2,1-3H3,(H,21,22). The van der Waals surface area contributed by atoms with Crippen LogP contribution >= 0.6 is 0 Å². The molecule has 2 N–H and O–H groups in total. The van der Waals surface area contributed by atoms with Gasteiger partial charge in [-0.25, -0.2) is 13.4 Å². The van der Waals surface area contributed by atoms with Crippen LogP contribution in [0.25, 0.3) is 11.0 Å². The third kappa shape index (κ3) is 3.75. The number of rotatable bonds is 6. The summed E-state index contributed by atoms with van der Waals surface area (Å²) in [4.78, 5) is 7.92. The lowest BCUT2D eigenvalue weighted by Crippen LogP contribution is -2.14. The number of nitrogens with zero attached hydrogens (tertiary/aromatic N) is 1. The second-order valence-electron chi connectivity index (χ2n) is 6.93. The van der Waals surface area contributed by atoms with Crippen molar-refractivity contribution in [2.75, 3.05) is 25.5 Å². The number of aromatic amines is 1. The Morgan fingerprint density at radius 3 is 2.62 bits per heavy atom. The fourth-order valence-corrected chi connectivity index (χ4v) is 4.79. The first-order chi connectivity index (χ1) is 13.9. The van der Waals surface area contributed by atoms with Crippen LogP contribution in [0.1, 0.15) is 30.3 Å². The van der Waals surface area contributed by atoms with E-state index in [-0.39, 0.29) is 11.0 Å². The predicted molar refractivity (Wildman–Crippen MR) is 109 cm³/mol. The number of benzene rings is 2. The molecule has 2 aromatic carbocycles. The van der Waals surface area contributed by atoms with Gasteiger partial charge in [0.2, 0.25) is 0 Å². The molecule has 1 atom stereocenters. The van der Waals surface area contributed by atoms with Crippen LogP contribution in [0.5, 0.6) is 11.5 Å². The summed E-state index contributed by atoms with van der Waals surface area (Å²) >= 11 is 0. The normalized spacial score (nSPS) is 16.9. The molecule has 0 bridgehead atoms. The van der Waals surface area contributed by atoms with Gasteiger partial charge in [0.25, 0.3) is 10.0 Å². The van der Waals surface area contributed by atoms with Crippen LogP contribution in [0.3, 0.4) is 0 Å². The topological polar surface area (TPSA) is 103 Å². The summed E-state index contributed by atoms with van der Waals surface area (Å²) in [6.07, 6.45) is 1.91. The molecule has 9 heteroatoms. The van der Waals surface area contributed by atoms with Crippen LogP contribution in [0.2, 0.25) is 0 Å². The highest BCUT2D eigenvalue weighted by Gasteiger charge is 2.23. The van der Waals surface area contributed by atoms with Crippen molar-refractivity contribution in [3.63, 3.8) is 0 Å². The van der Waals surface area contributed by atoms with Gasteiger partial charge in [0.15, 0.2) is 11.5 Å². The van der Waals surface area contributed by atoms with Crippen molar-refractivity contribution in [2.24, 2.45) is 0 Å². The monoisotopic (exact) mass is 417 g/mol. The van der Waals surface area contributed by atoms with Gasteiger partial charge in [-0.3, -0.25) is 4.72 Å². The van der Waals surface area contributed by atoms with E-state index >= 15 is 0 Å². The Labute approximate surface area is 169 Å². The summed E-state index contributed by atoms with van der Waals surface area (Å²) in [5, 5.41) is 0. The third-order valence-corrected chi connectivity index (χ3v) is 6.48. The second kappa shape index (κ2) is 7.57. The molecule has 1 aliphatic rings. The van der Waals surface area contributed by atoms with Gasteiger partial charge in [-0.05, 0) is 49.6 Å². The smallest absolute Gasteiger partial charge is 0.262 e. The Kier molecular flexibility index (Phi) is 5.10. The maximum absolute atomic E-state index is 13.0. The third-order valence-electron chi connectivity index (χ3n) is 4.96. The number of hydrogen-bond acceptors (Lipinski definition) is 6. The van der Waals surface area contributed by atoms with Crippen molar-refractivity contribution in [1.29, 1.82) is 0 Å². The van der Waals surface area contributed by atoms with Crippen LogP contribution < -0.4 is 14.2 Å². The van der Waals surface area contributed by atoms with Crippen LogP contribution in [-0.2, 0) is 14.8 Å². The molecule has 0 aliphatic carbocycles. The van der Waals surface area contributed by atoms with Crippen molar-refractivity contribution in [3.8, 4) is 11.5 Å². The zero-order valence-corrected chi connectivity index (χ0v) is 17.3. The SMILES string of the molecule is COc1cc(C)c(S(=O)(=O)Nc2ccc3nc(C4CCCO4)[nH]c3c2)cc1OC. The zero-order valence-electron chi connectivity index (χ0n) is 16.5. The largest absolute Gasteiger partial charge is 0.493 e. The van der Waals surface area contributed by atoms with Crippen LogP contribution in [-0.4, -0.2) is 39.2 Å². The summed E-state index contributed by atoms with van der Waals surface area (Å²) in [5.74, 6) is 1.60. The molecule has 0 saturated carbocycles. The van der Waals surface area contributed by atoms with Gasteiger partial charge in [0, 0.05) is 12.7 Å². The number of hydrogen-bond donors (Lipinski definition) is 2. The highest BCUT2D eigenvalue weighted by Crippen LogP contribution is 2.33. The summed E-state index contributed by atoms with van der Waals surface area (Å²) < 4.78 is 44.7. The number of H-pyrrole nitrogens is 1. The molecule has 1 aromatic heterocycles. The van der Waals surface area contributed by atoms with E-state index < -0.39 is 10.0 Å². The molecule has 0 amide bonds. The Hall–Kier alpha value is -2.78. The van der Waals surface area contributed by atoms with Gasteiger partial charge >= 0.3 is 0 Å². The molecular formula is C20H23N3O5S. The van der Waals surface area contributed by atoms with Crippen molar-refractivity contribution in [2.45, 2.75) is 30.8 Å². The number of aromatic nitrogens is 2. The van der Waals surface area contributed by atoms with E-state index in [4.69, 9.17) is 14.2 Å². The van der Waals surface area contributed by atoms with Crippen LogP contribution in [0.4, 0.5) is 5.69 Å².